The van der Waals surface area contributed by atoms with Crippen LogP contribution in [0.25, 0.3) is 16.6 Å². The zero-order valence-corrected chi connectivity index (χ0v) is 19.0. The van der Waals surface area contributed by atoms with Crippen LogP contribution in [0.5, 0.6) is 0 Å². The molecule has 4 aromatic rings. The van der Waals surface area contributed by atoms with E-state index in [2.05, 4.69) is 80.8 Å². The molecule has 4 rings (SSSR count). The van der Waals surface area contributed by atoms with E-state index in [9.17, 15) is 4.79 Å². The van der Waals surface area contributed by atoms with Crippen molar-refractivity contribution in [1.29, 1.82) is 0 Å². The maximum absolute atomic E-state index is 11.0. The number of hydrogen-bond acceptors (Lipinski definition) is 4. The first-order valence-corrected chi connectivity index (χ1v) is 10.4. The summed E-state index contributed by atoms with van der Waals surface area (Å²) >= 11 is 0. The van der Waals surface area contributed by atoms with E-state index in [0.717, 1.165) is 47.2 Å². The third kappa shape index (κ3) is 5.33. The Morgan fingerprint density at radius 3 is 2.47 bits per heavy atom. The fraction of sp³-hybridized carbons (Fsp3) is 0.231. The monoisotopic (exact) mass is 427 g/mol. The van der Waals surface area contributed by atoms with Crippen LogP contribution in [-0.2, 0) is 6.54 Å². The zero-order valence-electron chi connectivity index (χ0n) is 19.0. The van der Waals surface area contributed by atoms with Gasteiger partial charge >= 0.3 is 0 Å². The Kier molecular flexibility index (Phi) is 7.61. The largest absolute Gasteiger partial charge is 0.343 e. The van der Waals surface area contributed by atoms with E-state index in [0.29, 0.717) is 5.69 Å². The van der Waals surface area contributed by atoms with Gasteiger partial charge in [-0.25, -0.2) is 4.68 Å². The summed E-state index contributed by atoms with van der Waals surface area (Å²) in [4.78, 5) is 13.1. The molecule has 0 saturated carbocycles. The van der Waals surface area contributed by atoms with Gasteiger partial charge in [-0.05, 0) is 76.1 Å². The fourth-order valence-corrected chi connectivity index (χ4v) is 3.46. The van der Waals surface area contributed by atoms with Crippen molar-refractivity contribution in [2.45, 2.75) is 13.5 Å². The summed E-state index contributed by atoms with van der Waals surface area (Å²) in [6.07, 6.45) is 2.88. The van der Waals surface area contributed by atoms with Crippen molar-refractivity contribution in [3.8, 4) is 17.5 Å². The molecule has 0 spiro atoms. The Hall–Kier alpha value is -3.66. The number of rotatable bonds is 5. The molecule has 0 atom stereocenters. The maximum Gasteiger partial charge on any atom is 0.170 e. The molecule has 0 unspecified atom stereocenters. The van der Waals surface area contributed by atoms with E-state index >= 15 is 0 Å². The van der Waals surface area contributed by atoms with Crippen LogP contribution in [0.4, 0.5) is 0 Å². The molecule has 32 heavy (non-hydrogen) atoms. The quantitative estimate of drug-likeness (QED) is 0.391. The molecule has 2 aromatic carbocycles. The molecule has 0 radical (unpaired) electrons. The van der Waals surface area contributed by atoms with Crippen molar-refractivity contribution in [2.24, 2.45) is 5.73 Å². The lowest BCUT2D eigenvalue weighted by Gasteiger charge is -2.08. The molecular weight excluding hydrogens is 398 g/mol. The third-order valence-corrected chi connectivity index (χ3v) is 4.96. The van der Waals surface area contributed by atoms with Crippen LogP contribution in [0, 0.1) is 18.8 Å². The average molecular weight is 428 g/mol. The van der Waals surface area contributed by atoms with Gasteiger partial charge in [-0.2, -0.15) is 5.10 Å². The molecule has 0 saturated heterocycles. The van der Waals surface area contributed by atoms with E-state index < -0.39 is 0 Å². The lowest BCUT2D eigenvalue weighted by Crippen LogP contribution is -2.10. The molecule has 0 aliphatic rings. The minimum atomic E-state index is 0.444. The lowest BCUT2D eigenvalue weighted by atomic mass is 10.1. The molecule has 0 aliphatic heterocycles. The Morgan fingerprint density at radius 2 is 1.81 bits per heavy atom. The first-order chi connectivity index (χ1) is 15.5. The van der Waals surface area contributed by atoms with Gasteiger partial charge in [-0.15, -0.1) is 0 Å². The van der Waals surface area contributed by atoms with Crippen molar-refractivity contribution in [1.82, 2.24) is 19.2 Å². The van der Waals surface area contributed by atoms with E-state index in [1.807, 2.05) is 27.1 Å². The highest BCUT2D eigenvalue weighted by molar-refractivity contribution is 5.82. The fourth-order valence-electron chi connectivity index (χ4n) is 3.46. The molecule has 0 amide bonds. The number of aromatic nitrogens is 3. The second-order valence-electron chi connectivity index (χ2n) is 7.66. The van der Waals surface area contributed by atoms with Crippen LogP contribution < -0.4 is 5.73 Å². The van der Waals surface area contributed by atoms with Gasteiger partial charge in [-0.3, -0.25) is 9.69 Å². The predicted octanol–water partition coefficient (Wildman–Crippen LogP) is 3.48. The summed E-state index contributed by atoms with van der Waals surface area (Å²) in [7, 11) is 5.53. The SMILES string of the molecule is CN.Cc1cc(C=O)nn1-c1ccc2c(ccn2Cc2ccc(C#CCN(C)C)cc2)c1. The van der Waals surface area contributed by atoms with Gasteiger partial charge in [0.1, 0.15) is 5.69 Å². The smallest absolute Gasteiger partial charge is 0.170 e. The number of aldehydes is 1. The molecular formula is C26H29N5O. The van der Waals surface area contributed by atoms with E-state index in [1.54, 1.807) is 10.7 Å². The first-order valence-electron chi connectivity index (χ1n) is 10.4. The number of carbonyl (C=O) groups is 1. The summed E-state index contributed by atoms with van der Waals surface area (Å²) in [6, 6.07) is 18.6. The van der Waals surface area contributed by atoms with Gasteiger partial charge in [0.2, 0.25) is 0 Å². The summed E-state index contributed by atoms with van der Waals surface area (Å²) in [6.45, 7) is 3.50. The number of nitrogens with zero attached hydrogens (tertiary/aromatic N) is 4. The van der Waals surface area contributed by atoms with Crippen LogP contribution in [0.3, 0.4) is 0 Å². The van der Waals surface area contributed by atoms with Crippen LogP contribution in [0.15, 0.2) is 60.8 Å². The molecule has 6 nitrogen and oxygen atoms in total. The number of aryl methyl sites for hydroxylation is 1. The molecule has 2 heterocycles. The zero-order chi connectivity index (χ0) is 23.1. The number of benzene rings is 2. The molecule has 0 bridgehead atoms. The standard InChI is InChI=1S/C25H24N4O.CH5N/c1-19-15-23(18-30)26-29(19)24-10-11-25-22(16-24)12-14-28(25)17-21-8-6-20(7-9-21)5-4-13-27(2)3;1-2/h6-12,14-16,18H,13,17H2,1-3H3;2H2,1H3. The molecule has 164 valence electrons. The van der Waals surface area contributed by atoms with Crippen LogP contribution in [0.1, 0.15) is 27.3 Å². The Balaban J connectivity index is 0.00000141. The van der Waals surface area contributed by atoms with Gasteiger partial charge in [-0.1, -0.05) is 24.0 Å². The predicted molar refractivity (Wildman–Crippen MR) is 130 cm³/mol. The minimum Gasteiger partial charge on any atom is -0.343 e. The molecule has 6 heteroatoms. The summed E-state index contributed by atoms with van der Waals surface area (Å²) in [5.41, 5.74) is 10.3. The van der Waals surface area contributed by atoms with Crippen molar-refractivity contribution in [3.05, 3.63) is 83.3 Å². The second kappa shape index (κ2) is 10.6. The van der Waals surface area contributed by atoms with Gasteiger partial charge in [0.25, 0.3) is 0 Å². The first kappa shape index (κ1) is 23.0. The normalized spacial score (nSPS) is 10.4. The number of fused-ring (bicyclic) bond motifs is 1. The van der Waals surface area contributed by atoms with Gasteiger partial charge in [0.15, 0.2) is 6.29 Å². The Morgan fingerprint density at radius 1 is 1.06 bits per heavy atom. The lowest BCUT2D eigenvalue weighted by molar-refractivity contribution is 0.111. The van der Waals surface area contributed by atoms with Gasteiger partial charge in [0.05, 0.1) is 12.2 Å². The second-order valence-corrected chi connectivity index (χ2v) is 7.66. The van der Waals surface area contributed by atoms with Crippen molar-refractivity contribution in [3.63, 3.8) is 0 Å². The summed E-state index contributed by atoms with van der Waals surface area (Å²) in [5.74, 6) is 6.36. The molecule has 0 aliphatic carbocycles. The topological polar surface area (TPSA) is 69.1 Å². The van der Waals surface area contributed by atoms with Crippen LogP contribution >= 0.6 is 0 Å². The Labute approximate surface area is 189 Å². The maximum atomic E-state index is 11.0. The van der Waals surface area contributed by atoms with Gasteiger partial charge < -0.3 is 10.3 Å². The number of carbonyl (C=O) groups excluding carboxylic acids is 1. The highest BCUT2D eigenvalue weighted by atomic mass is 16.1. The van der Waals surface area contributed by atoms with Gasteiger partial charge in [0, 0.05) is 34.9 Å². The summed E-state index contributed by atoms with van der Waals surface area (Å²) < 4.78 is 4.04. The van der Waals surface area contributed by atoms with Crippen molar-refractivity contribution >= 4 is 17.2 Å². The highest BCUT2D eigenvalue weighted by Gasteiger charge is 2.08. The summed E-state index contributed by atoms with van der Waals surface area (Å²) in [5, 5.41) is 5.49. The number of hydrogen-bond donors (Lipinski definition) is 1. The Bertz CT molecular complexity index is 1250. The minimum absolute atomic E-state index is 0.444. The van der Waals surface area contributed by atoms with Crippen molar-refractivity contribution < 1.29 is 4.79 Å². The van der Waals surface area contributed by atoms with E-state index in [-0.39, 0.29) is 0 Å². The number of nitrogens with two attached hydrogens (primary N) is 1. The third-order valence-electron chi connectivity index (χ3n) is 4.96. The van der Waals surface area contributed by atoms with Crippen molar-refractivity contribution in [2.75, 3.05) is 27.7 Å². The molecule has 2 aromatic heterocycles. The average Bonchev–Trinajstić information content (AvgIpc) is 3.38. The van der Waals surface area contributed by atoms with Crippen LogP contribution in [0.2, 0.25) is 0 Å². The van der Waals surface area contributed by atoms with E-state index in [1.165, 1.54) is 12.6 Å². The molecule has 0 fully saturated rings. The highest BCUT2D eigenvalue weighted by Crippen LogP contribution is 2.22. The molecule has 2 N–H and O–H groups in total. The van der Waals surface area contributed by atoms with Crippen LogP contribution in [-0.4, -0.2) is 53.2 Å². The van der Waals surface area contributed by atoms with E-state index in [4.69, 9.17) is 0 Å².